The van der Waals surface area contributed by atoms with Crippen LogP contribution in [0, 0.1) is 36.5 Å². The third-order valence-corrected chi connectivity index (χ3v) is 14.1. The van der Waals surface area contributed by atoms with E-state index in [4.69, 9.17) is 28.7 Å². The molecule has 5 aliphatic rings. The number of methoxy groups -OCH3 is 1. The fourth-order valence-corrected chi connectivity index (χ4v) is 9.83. The minimum absolute atomic E-state index is 0.0533. The Bertz CT molecular complexity index is 2330. The maximum Gasteiger partial charge on any atom is 0.306 e. The lowest BCUT2D eigenvalue weighted by molar-refractivity contribution is -0.165. The number of aliphatic hydroxyl groups excluding tert-OH is 2. The summed E-state index contributed by atoms with van der Waals surface area (Å²) in [6.07, 6.45) is 5.42. The van der Waals surface area contributed by atoms with Crippen molar-refractivity contribution in [1.29, 1.82) is 0 Å². The second-order valence-electron chi connectivity index (χ2n) is 21.1. The number of carbonyl (C=O) groups is 5. The van der Waals surface area contributed by atoms with Crippen molar-refractivity contribution >= 4 is 35.6 Å². The number of likely N-dealkylation sites (tertiary alicyclic amines) is 1. The van der Waals surface area contributed by atoms with Crippen molar-refractivity contribution in [2.45, 2.75) is 137 Å². The number of rotatable bonds is 12. The molecule has 4 aliphatic heterocycles. The van der Waals surface area contributed by atoms with Gasteiger partial charge in [0.1, 0.15) is 29.0 Å². The van der Waals surface area contributed by atoms with E-state index in [9.17, 15) is 39.3 Å². The predicted molar refractivity (Wildman–Crippen MR) is 271 cm³/mol. The first-order valence-electron chi connectivity index (χ1n) is 25.2. The Kier molecular flexibility index (Phi) is 19.6. The maximum atomic E-state index is 14.7. The number of nitrogens with one attached hydrogen (secondary N) is 2. The van der Waals surface area contributed by atoms with Crippen molar-refractivity contribution in [2.24, 2.45) is 34.6 Å². The van der Waals surface area contributed by atoms with Gasteiger partial charge in [0.15, 0.2) is 6.29 Å². The van der Waals surface area contributed by atoms with Gasteiger partial charge in [-0.2, -0.15) is 0 Å². The van der Waals surface area contributed by atoms with Crippen LogP contribution in [-0.2, 0) is 33.3 Å². The van der Waals surface area contributed by atoms with Gasteiger partial charge >= 0.3 is 11.9 Å². The zero-order valence-corrected chi connectivity index (χ0v) is 44.5. The van der Waals surface area contributed by atoms with Crippen molar-refractivity contribution in [1.82, 2.24) is 20.4 Å². The molecular weight excluding hydrogens is 927 g/mol. The molecule has 1 aromatic carbocycles. The average molecular weight is 1010 g/mol. The van der Waals surface area contributed by atoms with Crippen LogP contribution in [0.2, 0.25) is 0 Å². The molecule has 8 atom stereocenters. The van der Waals surface area contributed by atoms with Crippen LogP contribution >= 0.6 is 0 Å². The van der Waals surface area contributed by atoms with Crippen molar-refractivity contribution in [3.05, 3.63) is 69.8 Å². The first-order valence-corrected chi connectivity index (χ1v) is 25.2. The Morgan fingerprint density at radius 1 is 0.972 bits per heavy atom. The smallest absolute Gasteiger partial charge is 0.306 e. The van der Waals surface area contributed by atoms with Gasteiger partial charge in [0.2, 0.25) is 11.6 Å². The monoisotopic (exact) mass is 1010 g/mol. The number of Topliss-reactive ketones (excluding diaryl/α,β-unsaturated/α-hetero) is 1. The number of hydrogen-bond donors (Lipinski definition) is 5. The van der Waals surface area contributed by atoms with Gasteiger partial charge < -0.3 is 59.4 Å². The Morgan fingerprint density at radius 2 is 1.64 bits per heavy atom. The Balaban J connectivity index is 1.57. The highest BCUT2D eigenvalue weighted by atomic mass is 16.7. The molecule has 72 heavy (non-hydrogen) atoms. The molecule has 4 bridgehead atoms. The number of aromatic hydroxyl groups is 1. The third kappa shape index (κ3) is 13.6. The fraction of sp³-hybridized carbons (Fsp3) is 0.630. The molecule has 1 spiro atoms. The van der Waals surface area contributed by atoms with Gasteiger partial charge in [-0.3, -0.25) is 29.0 Å². The Morgan fingerprint density at radius 3 is 2.26 bits per heavy atom. The second kappa shape index (κ2) is 24.5. The summed E-state index contributed by atoms with van der Waals surface area (Å²) in [5.41, 5.74) is -0.502. The van der Waals surface area contributed by atoms with Crippen LogP contribution in [-0.4, -0.2) is 151 Å². The van der Waals surface area contributed by atoms with Crippen molar-refractivity contribution in [3.63, 3.8) is 0 Å². The highest BCUT2D eigenvalue weighted by Crippen LogP contribution is 2.46. The molecule has 398 valence electrons. The van der Waals surface area contributed by atoms with Gasteiger partial charge in [0.25, 0.3) is 5.91 Å². The molecule has 4 heterocycles. The number of phenols is 1. The van der Waals surface area contributed by atoms with Gasteiger partial charge in [0.05, 0.1) is 66.6 Å². The van der Waals surface area contributed by atoms with Gasteiger partial charge in [-0.1, -0.05) is 59.8 Å². The van der Waals surface area contributed by atoms with E-state index < -0.39 is 88.9 Å². The van der Waals surface area contributed by atoms with Crippen LogP contribution in [0.25, 0.3) is 0 Å². The lowest BCUT2D eigenvalue weighted by atomic mass is 9.78. The summed E-state index contributed by atoms with van der Waals surface area (Å²) in [5, 5.41) is 41.7. The number of hydrogen-bond acceptors (Lipinski definition) is 17. The van der Waals surface area contributed by atoms with Crippen molar-refractivity contribution < 1.29 is 63.0 Å². The van der Waals surface area contributed by atoms with Gasteiger partial charge in [-0.25, -0.2) is 0 Å². The Hall–Kier alpha value is -5.40. The van der Waals surface area contributed by atoms with Gasteiger partial charge in [-0.15, -0.1) is 0 Å². The van der Waals surface area contributed by atoms with Crippen molar-refractivity contribution in [2.75, 3.05) is 54.0 Å². The number of nitrogens with zero attached hydrogens (tertiary/aromatic N) is 3. The average Bonchev–Trinajstić information content (AvgIpc) is 3.70. The molecule has 6 rings (SSSR count). The molecule has 1 aliphatic carbocycles. The number of esters is 2. The lowest BCUT2D eigenvalue weighted by Gasteiger charge is -2.38. The number of piperidine rings is 1. The number of carbonyl (C=O) groups excluding carboxylic acids is 5. The van der Waals surface area contributed by atoms with E-state index in [-0.39, 0.29) is 70.1 Å². The van der Waals surface area contributed by atoms with Gasteiger partial charge in [0, 0.05) is 100 Å². The molecule has 0 aromatic heterocycles. The highest BCUT2D eigenvalue weighted by Gasteiger charge is 2.48. The summed E-state index contributed by atoms with van der Waals surface area (Å²) in [4.78, 5) is 77.7. The molecule has 18 heteroatoms. The van der Waals surface area contributed by atoms with Crippen LogP contribution in [0.15, 0.2) is 52.5 Å². The molecule has 0 unspecified atom stereocenters. The molecule has 1 amide bonds. The molecule has 0 radical (unpaired) electrons. The van der Waals surface area contributed by atoms with E-state index in [0.717, 1.165) is 13.1 Å². The van der Waals surface area contributed by atoms with E-state index >= 15 is 0 Å². The fourth-order valence-electron chi connectivity index (χ4n) is 9.83. The first-order chi connectivity index (χ1) is 33.8. The standard InChI is InChI=1S/C54H79N5O13/c1-30(2)28-59-24-21-54(22-25-59)56-43-41-37(29-60)51-36(8)48(65)42(41)49(66)45(44(43)57-54)55-52(67)32(4)17-14-16-31(3)46(63)34(6)47(64)35(7)50(33(5)38(68-13)20-27-70-53(9,10)72-51)71-40(62)19-18-39(61)69-26-15-23-58(11)12/h14,16-17,20,27,29-31,33-35,38,46-47,50,57,63-65H,15,18-19,21-26,28H2,1-13H3,(H,55,67)/b16-14+,27-20+,32-17-/t31-,33+,34+,35+,38-,46-,47+,50+/m0/s1. The van der Waals surface area contributed by atoms with E-state index in [1.807, 2.05) is 19.0 Å². The van der Waals surface area contributed by atoms with E-state index in [1.165, 1.54) is 26.4 Å². The molecule has 1 aromatic rings. The SMILES string of the molecule is CO[C@H]1/C=C/OC(C)(C)Oc2c(C)c(O)c3c(c2C=O)C2=NC4(CCN(CC(C)C)CC4)NC2=C(NC(=O)/C(C)=C\C=C\[C@H](C)[C@H](O)[C@@H](C)[C@@H](O)[C@@H](C)[C@H](OC(=O)CCC(=O)OCCCN(C)C)[C@@H]1C)C3=O. The second-order valence-corrected chi connectivity index (χ2v) is 21.1. The van der Waals surface area contributed by atoms with Crippen LogP contribution in [0.5, 0.6) is 11.5 Å². The summed E-state index contributed by atoms with van der Waals surface area (Å²) in [6.45, 7) is 20.7. The number of fused-ring (bicyclic) bond motifs is 17. The van der Waals surface area contributed by atoms with Crippen LogP contribution in [0.4, 0.5) is 0 Å². The number of phenolic OH excluding ortho intramolecular Hbond substituents is 1. The van der Waals surface area contributed by atoms with Gasteiger partial charge in [-0.05, 0) is 46.4 Å². The number of aliphatic hydroxyl groups is 2. The summed E-state index contributed by atoms with van der Waals surface area (Å²) in [7, 11) is 5.29. The Labute approximate surface area is 424 Å². The summed E-state index contributed by atoms with van der Waals surface area (Å²) in [6, 6.07) is 0. The summed E-state index contributed by atoms with van der Waals surface area (Å²) >= 11 is 0. The molecule has 1 saturated heterocycles. The molecule has 5 N–H and O–H groups in total. The van der Waals surface area contributed by atoms with Crippen LogP contribution in [0.1, 0.15) is 126 Å². The van der Waals surface area contributed by atoms with Crippen molar-refractivity contribution in [3.8, 4) is 11.5 Å². The number of ether oxygens (including phenoxy) is 5. The number of benzene rings is 1. The van der Waals surface area contributed by atoms with E-state index in [2.05, 4.69) is 29.4 Å². The molecule has 18 nitrogen and oxygen atoms in total. The number of aldehydes is 1. The quantitative estimate of drug-likeness (QED) is 0.0987. The number of amides is 1. The van der Waals surface area contributed by atoms with Crippen LogP contribution < -0.4 is 15.4 Å². The maximum absolute atomic E-state index is 14.7. The summed E-state index contributed by atoms with van der Waals surface area (Å²) in [5.74, 6) is -6.95. The van der Waals surface area contributed by atoms with E-state index in [0.29, 0.717) is 44.6 Å². The molecular formula is C54H79N5O13. The third-order valence-electron chi connectivity index (χ3n) is 14.1. The molecule has 0 saturated carbocycles. The minimum atomic E-state index is -1.54. The number of ketones is 1. The zero-order chi connectivity index (χ0) is 53.4. The number of aliphatic imine (C=N–C) groups is 1. The highest BCUT2D eigenvalue weighted by molar-refractivity contribution is 6.33. The molecule has 1 fully saturated rings. The largest absolute Gasteiger partial charge is 0.507 e. The normalized spacial score (nSPS) is 28.6. The number of allylic oxidation sites excluding steroid dienone is 4. The zero-order valence-electron chi connectivity index (χ0n) is 44.5. The minimum Gasteiger partial charge on any atom is -0.507 e. The van der Waals surface area contributed by atoms with Crippen LogP contribution in [0.3, 0.4) is 0 Å². The topological polar surface area (TPSA) is 235 Å². The first kappa shape index (κ1) is 57.5. The lowest BCUT2D eigenvalue weighted by Crippen LogP contribution is -2.50. The predicted octanol–water partition coefficient (Wildman–Crippen LogP) is 5.51. The summed E-state index contributed by atoms with van der Waals surface area (Å²) < 4.78 is 29.9. The van der Waals surface area contributed by atoms with E-state index in [1.54, 1.807) is 66.7 Å².